The van der Waals surface area contributed by atoms with Gasteiger partial charge in [-0.15, -0.1) is 0 Å². The first-order valence-electron chi connectivity index (χ1n) is 6.44. The Labute approximate surface area is 118 Å². The Bertz CT molecular complexity index is 572. The van der Waals surface area contributed by atoms with Gasteiger partial charge in [0.2, 0.25) is 0 Å². The predicted molar refractivity (Wildman–Crippen MR) is 74.6 cm³/mol. The van der Waals surface area contributed by atoms with Crippen LogP contribution in [0.25, 0.3) is 0 Å². The molecule has 110 valence electrons. The van der Waals surface area contributed by atoms with E-state index >= 15 is 0 Å². The number of aliphatic carboxylic acids is 1. The van der Waals surface area contributed by atoms with Crippen molar-refractivity contribution in [3.8, 4) is 0 Å². The molecule has 6 heteroatoms. The third-order valence-corrected chi connectivity index (χ3v) is 4.63. The number of carboxylic acids is 1. The molecule has 0 spiro atoms. The van der Waals surface area contributed by atoms with Gasteiger partial charge in [-0.25, -0.2) is 8.42 Å². The van der Waals surface area contributed by atoms with E-state index in [9.17, 15) is 18.0 Å². The highest BCUT2D eigenvalue weighted by Gasteiger charge is 2.15. The molecule has 0 aliphatic rings. The molecule has 1 rings (SSSR count). The van der Waals surface area contributed by atoms with Gasteiger partial charge in [0, 0.05) is 18.4 Å². The first kappa shape index (κ1) is 16.4. The van der Waals surface area contributed by atoms with Crippen molar-refractivity contribution in [3.63, 3.8) is 0 Å². The Kier molecular flexibility index (Phi) is 5.88. The largest absolute Gasteiger partial charge is 0.481 e. The number of carbonyl (C=O) groups is 2. The van der Waals surface area contributed by atoms with Gasteiger partial charge in [-0.3, -0.25) is 9.59 Å². The number of benzene rings is 1. The lowest BCUT2D eigenvalue weighted by Crippen LogP contribution is -2.09. The summed E-state index contributed by atoms with van der Waals surface area (Å²) < 4.78 is 23.9. The molecule has 0 amide bonds. The number of rotatable bonds is 8. The highest BCUT2D eigenvalue weighted by atomic mass is 32.2. The van der Waals surface area contributed by atoms with E-state index in [1.165, 1.54) is 24.3 Å². The molecule has 1 N–H and O–H groups in total. The van der Waals surface area contributed by atoms with Crippen molar-refractivity contribution < 1.29 is 23.1 Å². The van der Waals surface area contributed by atoms with Gasteiger partial charge < -0.3 is 5.11 Å². The molecule has 0 saturated carbocycles. The summed E-state index contributed by atoms with van der Waals surface area (Å²) in [6.45, 7) is 1.90. The van der Waals surface area contributed by atoms with Crippen molar-refractivity contribution in [2.24, 2.45) is 0 Å². The molecule has 0 radical (unpaired) electrons. The minimum Gasteiger partial charge on any atom is -0.481 e. The van der Waals surface area contributed by atoms with Crippen LogP contribution in [0.15, 0.2) is 29.2 Å². The molecule has 0 atom stereocenters. The molecule has 0 heterocycles. The quantitative estimate of drug-likeness (QED) is 0.744. The van der Waals surface area contributed by atoms with Crippen molar-refractivity contribution in [2.75, 3.05) is 5.75 Å². The Balaban J connectivity index is 2.76. The van der Waals surface area contributed by atoms with Crippen LogP contribution in [0.2, 0.25) is 0 Å². The summed E-state index contributed by atoms with van der Waals surface area (Å²) in [5.41, 5.74) is 0.497. The van der Waals surface area contributed by atoms with E-state index in [1.807, 2.05) is 6.92 Å². The second-order valence-electron chi connectivity index (χ2n) is 4.51. The van der Waals surface area contributed by atoms with Crippen LogP contribution in [0, 0.1) is 0 Å². The molecular weight excluding hydrogens is 280 g/mol. The van der Waals surface area contributed by atoms with Crippen LogP contribution < -0.4 is 0 Å². The van der Waals surface area contributed by atoms with E-state index in [-0.39, 0.29) is 29.3 Å². The number of sulfone groups is 1. The van der Waals surface area contributed by atoms with E-state index in [1.54, 1.807) is 0 Å². The van der Waals surface area contributed by atoms with Crippen molar-refractivity contribution in [2.45, 2.75) is 37.5 Å². The molecule has 0 saturated heterocycles. The number of Topliss-reactive ketones (excluding diaryl/α,β-unsaturated/α-hetero) is 1. The summed E-state index contributed by atoms with van der Waals surface area (Å²) in [7, 11) is -3.49. The molecule has 0 unspecified atom stereocenters. The van der Waals surface area contributed by atoms with E-state index in [2.05, 4.69) is 0 Å². The summed E-state index contributed by atoms with van der Waals surface area (Å²) in [4.78, 5) is 22.1. The van der Waals surface area contributed by atoms with Crippen LogP contribution >= 0.6 is 0 Å². The minimum absolute atomic E-state index is 0.0117. The lowest BCUT2D eigenvalue weighted by Gasteiger charge is -2.05. The zero-order valence-corrected chi connectivity index (χ0v) is 12.1. The van der Waals surface area contributed by atoms with Gasteiger partial charge in [-0.2, -0.15) is 0 Å². The molecule has 1 aromatic carbocycles. The maximum atomic E-state index is 11.9. The van der Waals surface area contributed by atoms with Gasteiger partial charge in [0.25, 0.3) is 0 Å². The predicted octanol–water partition coefficient (Wildman–Crippen LogP) is 2.31. The molecule has 1 aromatic rings. The highest BCUT2D eigenvalue weighted by Crippen LogP contribution is 2.15. The second-order valence-corrected chi connectivity index (χ2v) is 6.62. The minimum atomic E-state index is -3.49. The lowest BCUT2D eigenvalue weighted by atomic mass is 10.1. The molecule has 0 aliphatic heterocycles. The normalized spacial score (nSPS) is 11.2. The van der Waals surface area contributed by atoms with Gasteiger partial charge in [-0.1, -0.05) is 19.1 Å². The van der Waals surface area contributed by atoms with E-state index in [0.29, 0.717) is 12.0 Å². The van der Waals surface area contributed by atoms with Crippen LogP contribution in [0.3, 0.4) is 0 Å². The number of carbonyl (C=O) groups excluding carboxylic acids is 1. The molecule has 0 aromatic heterocycles. The molecule has 0 fully saturated rings. The summed E-state index contributed by atoms with van der Waals surface area (Å²) >= 11 is 0. The van der Waals surface area contributed by atoms with Gasteiger partial charge in [0.1, 0.15) is 0 Å². The summed E-state index contributed by atoms with van der Waals surface area (Å²) in [5.74, 6) is -1.23. The third kappa shape index (κ3) is 4.77. The standard InChI is InChI=1S/C14H18O5S/c1-2-4-13(15)11-6-8-12(9-7-11)20(18,19)10-3-5-14(16)17/h6-9H,2-5,10H2,1H3,(H,16,17). The van der Waals surface area contributed by atoms with E-state index < -0.39 is 15.8 Å². The molecule has 0 aliphatic carbocycles. The smallest absolute Gasteiger partial charge is 0.303 e. The van der Waals surface area contributed by atoms with Gasteiger partial charge in [0.15, 0.2) is 15.6 Å². The Morgan fingerprint density at radius 1 is 1.10 bits per heavy atom. The fourth-order valence-electron chi connectivity index (χ4n) is 1.75. The Morgan fingerprint density at radius 3 is 2.20 bits per heavy atom. The number of ketones is 1. The molecule has 20 heavy (non-hydrogen) atoms. The van der Waals surface area contributed by atoms with Crippen molar-refractivity contribution in [1.82, 2.24) is 0 Å². The fourth-order valence-corrected chi connectivity index (χ4v) is 3.06. The number of hydrogen-bond acceptors (Lipinski definition) is 4. The van der Waals surface area contributed by atoms with Crippen LogP contribution in [-0.4, -0.2) is 31.0 Å². The van der Waals surface area contributed by atoms with Crippen LogP contribution in [0.1, 0.15) is 43.0 Å². The topological polar surface area (TPSA) is 88.5 Å². The molecule has 5 nitrogen and oxygen atoms in total. The first-order valence-corrected chi connectivity index (χ1v) is 8.10. The summed E-state index contributed by atoms with van der Waals surface area (Å²) in [5, 5.41) is 8.50. The maximum Gasteiger partial charge on any atom is 0.303 e. The van der Waals surface area contributed by atoms with Gasteiger partial charge in [-0.05, 0) is 25.0 Å². The summed E-state index contributed by atoms with van der Waals surface area (Å²) in [6, 6.07) is 5.81. The zero-order chi connectivity index (χ0) is 15.2. The third-order valence-electron chi connectivity index (χ3n) is 2.82. The van der Waals surface area contributed by atoms with Crippen molar-refractivity contribution in [3.05, 3.63) is 29.8 Å². The fraction of sp³-hybridized carbons (Fsp3) is 0.429. The summed E-state index contributed by atoms with van der Waals surface area (Å²) in [6.07, 6.45) is 1.08. The van der Waals surface area contributed by atoms with Crippen molar-refractivity contribution >= 4 is 21.6 Å². The SMILES string of the molecule is CCCC(=O)c1ccc(S(=O)(=O)CCCC(=O)O)cc1. The zero-order valence-electron chi connectivity index (χ0n) is 11.3. The first-order chi connectivity index (χ1) is 9.36. The van der Waals surface area contributed by atoms with E-state index in [0.717, 1.165) is 6.42 Å². The van der Waals surface area contributed by atoms with Crippen LogP contribution in [0.5, 0.6) is 0 Å². The average molecular weight is 298 g/mol. The Hall–Kier alpha value is -1.69. The molecular formula is C14H18O5S. The highest BCUT2D eigenvalue weighted by molar-refractivity contribution is 7.91. The number of hydrogen-bond donors (Lipinski definition) is 1. The Morgan fingerprint density at radius 2 is 1.70 bits per heavy atom. The molecule has 0 bridgehead atoms. The number of carboxylic acid groups (broad SMARTS) is 1. The lowest BCUT2D eigenvalue weighted by molar-refractivity contribution is -0.137. The maximum absolute atomic E-state index is 11.9. The van der Waals surface area contributed by atoms with Gasteiger partial charge >= 0.3 is 5.97 Å². The van der Waals surface area contributed by atoms with Crippen molar-refractivity contribution in [1.29, 1.82) is 0 Å². The average Bonchev–Trinajstić information content (AvgIpc) is 2.38. The van der Waals surface area contributed by atoms with Gasteiger partial charge in [0.05, 0.1) is 10.6 Å². The van der Waals surface area contributed by atoms with Crippen LogP contribution in [-0.2, 0) is 14.6 Å². The second kappa shape index (κ2) is 7.19. The monoisotopic (exact) mass is 298 g/mol. The van der Waals surface area contributed by atoms with Crippen LogP contribution in [0.4, 0.5) is 0 Å². The van der Waals surface area contributed by atoms with E-state index in [4.69, 9.17) is 5.11 Å².